The second kappa shape index (κ2) is 16.2. The van der Waals surface area contributed by atoms with Crippen LogP contribution in [0.1, 0.15) is 58.9 Å². The van der Waals surface area contributed by atoms with Gasteiger partial charge in [0.25, 0.3) is 11.8 Å². The zero-order valence-corrected chi connectivity index (χ0v) is 33.4. The maximum absolute atomic E-state index is 13.3. The molecule has 4 fully saturated rings. The number of hydrogen-bond donors (Lipinski definition) is 2. The van der Waals surface area contributed by atoms with Crippen molar-refractivity contribution in [2.24, 2.45) is 5.92 Å². The number of nitriles is 1. The van der Waals surface area contributed by atoms with Gasteiger partial charge in [0.05, 0.1) is 40.3 Å². The van der Waals surface area contributed by atoms with Crippen molar-refractivity contribution in [1.82, 2.24) is 35.0 Å². The molecule has 5 aliphatic rings. The molecule has 9 rings (SSSR count). The van der Waals surface area contributed by atoms with E-state index < -0.39 is 29.7 Å². The Morgan fingerprint density at radius 2 is 1.63 bits per heavy atom. The highest BCUT2D eigenvalue weighted by Gasteiger charge is 2.45. The van der Waals surface area contributed by atoms with Crippen LogP contribution in [0.15, 0.2) is 61.1 Å². The van der Waals surface area contributed by atoms with E-state index in [4.69, 9.17) is 0 Å². The first-order chi connectivity index (χ1) is 29.1. The van der Waals surface area contributed by atoms with Gasteiger partial charge < -0.3 is 24.9 Å². The van der Waals surface area contributed by atoms with Gasteiger partial charge in [-0.2, -0.15) is 5.26 Å². The summed E-state index contributed by atoms with van der Waals surface area (Å²) in [6, 6.07) is 14.1. The molecule has 60 heavy (non-hydrogen) atoms. The minimum absolute atomic E-state index is 0.0486. The number of pyridine rings is 1. The number of nitrogens with zero attached hydrogens (tertiary/aromatic N) is 10. The Hall–Kier alpha value is -6.67. The van der Waals surface area contributed by atoms with Crippen molar-refractivity contribution in [1.29, 1.82) is 5.26 Å². The van der Waals surface area contributed by atoms with E-state index in [0.29, 0.717) is 53.8 Å². The summed E-state index contributed by atoms with van der Waals surface area (Å²) in [5.41, 5.74) is 4.25. The van der Waals surface area contributed by atoms with Crippen LogP contribution in [-0.2, 0) is 9.59 Å². The van der Waals surface area contributed by atoms with E-state index in [-0.39, 0.29) is 30.5 Å². The van der Waals surface area contributed by atoms with Gasteiger partial charge in [-0.15, -0.1) is 0 Å². The van der Waals surface area contributed by atoms with Gasteiger partial charge >= 0.3 is 6.03 Å². The quantitative estimate of drug-likeness (QED) is 0.259. The molecule has 0 radical (unpaired) electrons. The maximum atomic E-state index is 13.3. The zero-order chi connectivity index (χ0) is 41.5. The number of urea groups is 1. The lowest BCUT2D eigenvalue weighted by molar-refractivity contribution is -0.136. The maximum Gasteiger partial charge on any atom is 0.322 e. The van der Waals surface area contributed by atoms with E-state index in [1.807, 2.05) is 35.2 Å². The van der Waals surface area contributed by atoms with Crippen LogP contribution in [0.25, 0.3) is 10.9 Å². The second-order valence-electron chi connectivity index (χ2n) is 16.2. The summed E-state index contributed by atoms with van der Waals surface area (Å²) in [4.78, 5) is 89.5. The summed E-state index contributed by atoms with van der Waals surface area (Å²) in [7, 11) is 0. The molecule has 2 aromatic carbocycles. The molecule has 2 atom stereocenters. The lowest BCUT2D eigenvalue weighted by Gasteiger charge is -2.41. The first kappa shape index (κ1) is 38.8. The van der Waals surface area contributed by atoms with Crippen molar-refractivity contribution in [2.45, 2.75) is 44.7 Å². The molecule has 17 heteroatoms. The normalized spacial score (nSPS) is 21.6. The molecule has 0 aliphatic carbocycles. The highest BCUT2D eigenvalue weighted by Crippen LogP contribution is 2.33. The van der Waals surface area contributed by atoms with E-state index in [1.165, 1.54) is 0 Å². The number of piperazine rings is 2. The van der Waals surface area contributed by atoms with Crippen molar-refractivity contribution in [3.63, 3.8) is 0 Å². The van der Waals surface area contributed by atoms with E-state index >= 15 is 0 Å². The molecule has 5 aliphatic heterocycles. The fraction of sp³-hybridized carbons (Fsp3) is 0.419. The molecular formula is C43H46N12O5. The van der Waals surface area contributed by atoms with Gasteiger partial charge in [0.2, 0.25) is 17.8 Å². The highest BCUT2D eigenvalue weighted by atomic mass is 16.2. The predicted molar refractivity (Wildman–Crippen MR) is 223 cm³/mol. The Morgan fingerprint density at radius 3 is 2.37 bits per heavy atom. The van der Waals surface area contributed by atoms with Gasteiger partial charge in [0.1, 0.15) is 12.1 Å². The SMILES string of the molecule is C[C@H]1CN(C(=O)Nc2cnc(N3CCC(CN4CCN(c5ccc6c(c5)C(=O)N(C5CCC(=O)NC5=O)C6=O)CC4)CC3)nc2)CCN1c1ccc(C#N)c2ncccc12. The van der Waals surface area contributed by atoms with Crippen LogP contribution >= 0.6 is 0 Å². The van der Waals surface area contributed by atoms with Crippen molar-refractivity contribution >= 4 is 63.6 Å². The summed E-state index contributed by atoms with van der Waals surface area (Å²) in [5.74, 6) is -0.794. The van der Waals surface area contributed by atoms with Crippen LogP contribution in [0.3, 0.4) is 0 Å². The number of aromatic nitrogens is 3. The number of amides is 6. The van der Waals surface area contributed by atoms with E-state index in [1.54, 1.807) is 30.7 Å². The smallest absolute Gasteiger partial charge is 0.322 e. The molecule has 0 spiro atoms. The Morgan fingerprint density at radius 1 is 0.867 bits per heavy atom. The standard InChI is InChI=1S/C43H46N12O5/c1-27-25-53(19-20-54(27)35-7-4-29(22-44)38-33(35)3-2-12-45-38)43(60)48-30-23-46-42(47-24-30)52-13-10-28(11-14-52)26-50-15-17-51(18-16-50)31-5-6-32-34(21-31)41(59)55(40(32)58)36-8-9-37(56)49-39(36)57/h2-7,12,21,23-24,27-28,36H,8-11,13-20,25-26H2,1H3,(H,48,60)(H,49,56,57)/t27-,36?/m0/s1. The van der Waals surface area contributed by atoms with Gasteiger partial charge in [0, 0.05) is 101 Å². The molecule has 0 bridgehead atoms. The number of hydrogen-bond acceptors (Lipinski definition) is 13. The van der Waals surface area contributed by atoms with E-state index in [2.05, 4.69) is 58.2 Å². The van der Waals surface area contributed by atoms with Gasteiger partial charge in [-0.3, -0.25) is 39.3 Å². The second-order valence-corrected chi connectivity index (χ2v) is 16.2. The fourth-order valence-corrected chi connectivity index (χ4v) is 9.27. The van der Waals surface area contributed by atoms with Gasteiger partial charge in [0.15, 0.2) is 0 Å². The fourth-order valence-electron chi connectivity index (χ4n) is 9.27. The number of piperidine rings is 2. The topological polar surface area (TPSA) is 191 Å². The third-order valence-corrected chi connectivity index (χ3v) is 12.6. The molecule has 2 aromatic heterocycles. The number of rotatable bonds is 7. The van der Waals surface area contributed by atoms with Gasteiger partial charge in [-0.1, -0.05) is 0 Å². The van der Waals surface area contributed by atoms with Crippen LogP contribution in [0.4, 0.5) is 27.8 Å². The average molecular weight is 811 g/mol. The number of anilines is 4. The minimum atomic E-state index is -0.978. The van der Waals surface area contributed by atoms with Crippen LogP contribution in [0, 0.1) is 17.2 Å². The zero-order valence-electron chi connectivity index (χ0n) is 33.4. The minimum Gasteiger partial charge on any atom is -0.369 e. The van der Waals surface area contributed by atoms with Crippen molar-refractivity contribution in [3.05, 3.63) is 77.7 Å². The number of carbonyl (C=O) groups is 5. The molecule has 17 nitrogen and oxygen atoms in total. The lowest BCUT2D eigenvalue weighted by Crippen LogP contribution is -2.54. The van der Waals surface area contributed by atoms with Crippen LogP contribution < -0.4 is 25.3 Å². The summed E-state index contributed by atoms with van der Waals surface area (Å²) in [5, 5.41) is 15.7. The molecule has 2 N–H and O–H groups in total. The monoisotopic (exact) mass is 810 g/mol. The van der Waals surface area contributed by atoms with Crippen molar-refractivity contribution < 1.29 is 24.0 Å². The van der Waals surface area contributed by atoms with E-state index in [9.17, 15) is 29.2 Å². The number of imide groups is 2. The van der Waals surface area contributed by atoms with Crippen LogP contribution in [-0.4, -0.2) is 137 Å². The third kappa shape index (κ3) is 7.43. The molecule has 4 aromatic rings. The number of nitrogens with one attached hydrogen (secondary N) is 2. The van der Waals surface area contributed by atoms with Crippen LogP contribution in [0.5, 0.6) is 0 Å². The molecule has 7 heterocycles. The third-order valence-electron chi connectivity index (χ3n) is 12.6. The van der Waals surface area contributed by atoms with Crippen molar-refractivity contribution in [2.75, 3.05) is 85.5 Å². The molecule has 0 saturated carbocycles. The first-order valence-corrected chi connectivity index (χ1v) is 20.7. The summed E-state index contributed by atoms with van der Waals surface area (Å²) < 4.78 is 0. The summed E-state index contributed by atoms with van der Waals surface area (Å²) >= 11 is 0. The van der Waals surface area contributed by atoms with E-state index in [0.717, 1.165) is 80.3 Å². The average Bonchev–Trinajstić information content (AvgIpc) is 3.51. The summed E-state index contributed by atoms with van der Waals surface area (Å²) in [6.45, 7) is 9.84. The number of fused-ring (bicyclic) bond motifs is 2. The largest absolute Gasteiger partial charge is 0.369 e. The Labute approximate surface area is 346 Å². The van der Waals surface area contributed by atoms with Crippen LogP contribution in [0.2, 0.25) is 0 Å². The Kier molecular flexibility index (Phi) is 10.5. The van der Waals surface area contributed by atoms with Gasteiger partial charge in [-0.05, 0) is 74.6 Å². The molecular weight excluding hydrogens is 765 g/mol. The highest BCUT2D eigenvalue weighted by molar-refractivity contribution is 6.23. The Balaban J connectivity index is 0.719. The lowest BCUT2D eigenvalue weighted by atomic mass is 9.96. The number of benzene rings is 2. The molecule has 308 valence electrons. The number of carbonyl (C=O) groups excluding carboxylic acids is 5. The molecule has 4 saturated heterocycles. The molecule has 1 unspecified atom stereocenters. The molecule has 6 amide bonds. The van der Waals surface area contributed by atoms with Gasteiger partial charge in [-0.25, -0.2) is 14.8 Å². The Bertz CT molecular complexity index is 2400. The predicted octanol–water partition coefficient (Wildman–Crippen LogP) is 3.08. The van der Waals surface area contributed by atoms with Crippen molar-refractivity contribution in [3.8, 4) is 6.07 Å². The first-order valence-electron chi connectivity index (χ1n) is 20.7. The summed E-state index contributed by atoms with van der Waals surface area (Å²) in [6.07, 6.45) is 7.30.